The predicted octanol–water partition coefficient (Wildman–Crippen LogP) is 2.75. The van der Waals surface area contributed by atoms with Crippen LogP contribution in [0.25, 0.3) is 0 Å². The number of hydrogen-bond donors (Lipinski definition) is 2. The van der Waals surface area contributed by atoms with Crippen LogP contribution < -0.4 is 10.6 Å². The third kappa shape index (κ3) is 4.18. The van der Waals surface area contributed by atoms with Crippen LogP contribution in [-0.4, -0.2) is 17.9 Å². The summed E-state index contributed by atoms with van der Waals surface area (Å²) in [6, 6.07) is 16.5. The van der Waals surface area contributed by atoms with Gasteiger partial charge in [0.15, 0.2) is 6.17 Å². The summed E-state index contributed by atoms with van der Waals surface area (Å²) in [5.41, 5.74) is 2.46. The zero-order valence-electron chi connectivity index (χ0n) is 12.1. The molecule has 108 valence electrons. The Balaban J connectivity index is 2.20. The van der Waals surface area contributed by atoms with Crippen molar-refractivity contribution in [2.75, 3.05) is 5.32 Å². The van der Waals surface area contributed by atoms with Crippen molar-refractivity contribution in [1.82, 2.24) is 5.32 Å². The third-order valence-electron chi connectivity index (χ3n) is 3.03. The fourth-order valence-corrected chi connectivity index (χ4v) is 1.96. The lowest BCUT2D eigenvalue weighted by Crippen LogP contribution is -2.45. The van der Waals surface area contributed by atoms with Crippen molar-refractivity contribution in [3.63, 3.8) is 0 Å². The number of aryl methyl sites for hydroxylation is 1. The summed E-state index contributed by atoms with van der Waals surface area (Å²) in [5, 5.41) is 5.70. The highest BCUT2D eigenvalue weighted by Crippen LogP contribution is 2.12. The van der Waals surface area contributed by atoms with Gasteiger partial charge in [-0.05, 0) is 19.1 Å². The lowest BCUT2D eigenvalue weighted by molar-refractivity contribution is -0.119. The first kappa shape index (κ1) is 14.8. The van der Waals surface area contributed by atoms with Gasteiger partial charge in [-0.2, -0.15) is 0 Å². The van der Waals surface area contributed by atoms with Gasteiger partial charge in [0.05, 0.1) is 0 Å². The maximum absolute atomic E-state index is 12.5. The minimum absolute atomic E-state index is 0.175. The van der Waals surface area contributed by atoms with Crippen molar-refractivity contribution in [3.8, 4) is 0 Å². The molecule has 0 heterocycles. The zero-order chi connectivity index (χ0) is 15.2. The maximum Gasteiger partial charge on any atom is 0.218 e. The maximum atomic E-state index is 12.5. The summed E-state index contributed by atoms with van der Waals surface area (Å²) >= 11 is 0. The van der Waals surface area contributed by atoms with Crippen LogP contribution in [0.4, 0.5) is 5.69 Å². The normalized spacial score (nSPS) is 11.5. The Hall–Kier alpha value is -2.62. The highest BCUT2D eigenvalue weighted by molar-refractivity contribution is 6.03. The summed E-state index contributed by atoms with van der Waals surface area (Å²) < 4.78 is 0. The van der Waals surface area contributed by atoms with Crippen LogP contribution in [0.15, 0.2) is 54.6 Å². The average Bonchev–Trinajstić information content (AvgIpc) is 2.48. The molecule has 0 aromatic heterocycles. The Morgan fingerprint density at radius 2 is 1.57 bits per heavy atom. The molecule has 0 saturated carbocycles. The van der Waals surface area contributed by atoms with E-state index in [0.29, 0.717) is 5.56 Å². The largest absolute Gasteiger partial charge is 0.359 e. The molecule has 0 aliphatic heterocycles. The molecule has 1 atom stereocenters. The Morgan fingerprint density at radius 3 is 2.14 bits per heavy atom. The molecule has 0 radical (unpaired) electrons. The Labute approximate surface area is 124 Å². The van der Waals surface area contributed by atoms with E-state index in [0.717, 1.165) is 11.3 Å². The zero-order valence-corrected chi connectivity index (χ0v) is 12.1. The van der Waals surface area contributed by atoms with Crippen molar-refractivity contribution in [3.05, 3.63) is 65.7 Å². The lowest BCUT2D eigenvalue weighted by atomic mass is 10.1. The number of anilines is 1. The average molecular weight is 282 g/mol. The van der Waals surface area contributed by atoms with Crippen molar-refractivity contribution < 1.29 is 9.59 Å². The van der Waals surface area contributed by atoms with Crippen molar-refractivity contribution in [2.24, 2.45) is 0 Å². The van der Waals surface area contributed by atoms with Crippen molar-refractivity contribution in [2.45, 2.75) is 20.0 Å². The predicted molar refractivity (Wildman–Crippen MR) is 83.2 cm³/mol. The molecule has 1 amide bonds. The van der Waals surface area contributed by atoms with E-state index >= 15 is 0 Å². The fourth-order valence-electron chi connectivity index (χ4n) is 1.96. The van der Waals surface area contributed by atoms with Gasteiger partial charge in [-0.1, -0.05) is 48.0 Å². The molecular weight excluding hydrogens is 264 g/mol. The van der Waals surface area contributed by atoms with Crippen LogP contribution in [0.1, 0.15) is 22.8 Å². The molecule has 2 rings (SSSR count). The van der Waals surface area contributed by atoms with E-state index in [1.54, 1.807) is 24.3 Å². The van der Waals surface area contributed by atoms with Gasteiger partial charge in [0, 0.05) is 18.2 Å². The van der Waals surface area contributed by atoms with E-state index in [1.807, 2.05) is 37.3 Å². The van der Waals surface area contributed by atoms with Crippen LogP contribution >= 0.6 is 0 Å². The van der Waals surface area contributed by atoms with Crippen LogP contribution in [0, 0.1) is 6.92 Å². The Morgan fingerprint density at radius 1 is 0.952 bits per heavy atom. The summed E-state index contributed by atoms with van der Waals surface area (Å²) in [6.07, 6.45) is -0.785. The van der Waals surface area contributed by atoms with E-state index in [9.17, 15) is 9.59 Å². The monoisotopic (exact) mass is 282 g/mol. The van der Waals surface area contributed by atoms with Gasteiger partial charge >= 0.3 is 0 Å². The molecule has 0 aliphatic carbocycles. The number of carbonyl (C=O) groups excluding carboxylic acids is 2. The van der Waals surface area contributed by atoms with E-state index < -0.39 is 6.17 Å². The van der Waals surface area contributed by atoms with Crippen LogP contribution in [-0.2, 0) is 4.79 Å². The molecule has 2 N–H and O–H groups in total. The first-order valence-electron chi connectivity index (χ1n) is 6.76. The number of Topliss-reactive ketones (excluding diaryl/α,β-unsaturated/α-hetero) is 1. The summed E-state index contributed by atoms with van der Waals surface area (Å²) in [4.78, 5) is 23.8. The second-order valence-corrected chi connectivity index (χ2v) is 4.87. The quantitative estimate of drug-likeness (QED) is 0.655. The number of ketones is 1. The number of hydrogen-bond acceptors (Lipinski definition) is 3. The van der Waals surface area contributed by atoms with Gasteiger partial charge in [0.25, 0.3) is 0 Å². The molecule has 21 heavy (non-hydrogen) atoms. The molecule has 0 fully saturated rings. The van der Waals surface area contributed by atoms with Crippen LogP contribution in [0.2, 0.25) is 0 Å². The minimum Gasteiger partial charge on any atom is -0.359 e. The molecule has 0 saturated heterocycles. The number of benzene rings is 2. The van der Waals surface area contributed by atoms with Gasteiger partial charge < -0.3 is 10.6 Å². The number of nitrogens with one attached hydrogen (secondary N) is 2. The van der Waals surface area contributed by atoms with Gasteiger partial charge in [0.1, 0.15) is 0 Å². The molecule has 2 aromatic carbocycles. The van der Waals surface area contributed by atoms with Crippen LogP contribution in [0.3, 0.4) is 0 Å². The third-order valence-corrected chi connectivity index (χ3v) is 3.03. The van der Waals surface area contributed by atoms with E-state index in [4.69, 9.17) is 0 Å². The Bertz CT molecular complexity index is 621. The molecule has 1 unspecified atom stereocenters. The summed E-state index contributed by atoms with van der Waals surface area (Å²) in [6.45, 7) is 3.38. The molecule has 0 spiro atoms. The first-order valence-corrected chi connectivity index (χ1v) is 6.76. The lowest BCUT2D eigenvalue weighted by Gasteiger charge is -2.19. The van der Waals surface area contributed by atoms with Crippen molar-refractivity contribution in [1.29, 1.82) is 0 Å². The molecule has 0 aliphatic rings. The second kappa shape index (κ2) is 6.70. The highest BCUT2D eigenvalue weighted by atomic mass is 16.2. The minimum atomic E-state index is -0.785. The van der Waals surface area contributed by atoms with Gasteiger partial charge in [-0.3, -0.25) is 9.59 Å². The second-order valence-electron chi connectivity index (χ2n) is 4.87. The number of carbonyl (C=O) groups is 2. The summed E-state index contributed by atoms with van der Waals surface area (Å²) in [5.74, 6) is -0.435. The standard InChI is InChI=1S/C17H18N2O2/c1-12-8-10-15(11-9-12)19-17(18-13(2)20)16(21)14-6-4-3-5-7-14/h3-11,17,19H,1-2H3,(H,18,20). The molecule has 4 heteroatoms. The molecule has 0 bridgehead atoms. The molecule has 2 aromatic rings. The van der Waals surface area contributed by atoms with Gasteiger partial charge in [-0.25, -0.2) is 0 Å². The SMILES string of the molecule is CC(=O)NC(Nc1ccc(C)cc1)C(=O)c1ccccc1. The smallest absolute Gasteiger partial charge is 0.218 e. The highest BCUT2D eigenvalue weighted by Gasteiger charge is 2.20. The summed E-state index contributed by atoms with van der Waals surface area (Å²) in [7, 11) is 0. The number of rotatable bonds is 5. The fraction of sp³-hybridized carbons (Fsp3) is 0.176. The molecule has 4 nitrogen and oxygen atoms in total. The van der Waals surface area contributed by atoms with Gasteiger partial charge in [0.2, 0.25) is 11.7 Å². The van der Waals surface area contributed by atoms with Gasteiger partial charge in [-0.15, -0.1) is 0 Å². The molecular formula is C17H18N2O2. The van der Waals surface area contributed by atoms with E-state index in [2.05, 4.69) is 10.6 Å². The topological polar surface area (TPSA) is 58.2 Å². The van der Waals surface area contributed by atoms with E-state index in [1.165, 1.54) is 6.92 Å². The van der Waals surface area contributed by atoms with Crippen LogP contribution in [0.5, 0.6) is 0 Å². The van der Waals surface area contributed by atoms with E-state index in [-0.39, 0.29) is 11.7 Å². The first-order chi connectivity index (χ1) is 10.1. The Kier molecular flexibility index (Phi) is 4.72. The van der Waals surface area contributed by atoms with Crippen molar-refractivity contribution >= 4 is 17.4 Å². The number of amides is 1.